The third kappa shape index (κ3) is 8.15. The molecule has 3 rings (SSSR count). The van der Waals surface area contributed by atoms with Gasteiger partial charge in [0.05, 0.1) is 17.7 Å². The summed E-state index contributed by atoms with van der Waals surface area (Å²) in [5, 5.41) is 3.70. The molecule has 2 amide bonds. The molecule has 0 saturated carbocycles. The first-order valence-electron chi connectivity index (χ1n) is 13.3. The van der Waals surface area contributed by atoms with Gasteiger partial charge in [0.25, 0.3) is 10.0 Å². The molecule has 8 nitrogen and oxygen atoms in total. The lowest BCUT2D eigenvalue weighted by molar-refractivity contribution is -0.140. The zero-order chi connectivity index (χ0) is 30.2. The number of nitrogens with one attached hydrogen (secondary N) is 1. The summed E-state index contributed by atoms with van der Waals surface area (Å²) in [4.78, 5) is 28.9. The van der Waals surface area contributed by atoms with Crippen molar-refractivity contribution >= 4 is 50.7 Å². The van der Waals surface area contributed by atoms with E-state index in [1.165, 1.54) is 24.1 Å². The average molecular weight is 621 g/mol. The maximum Gasteiger partial charge on any atom is 0.264 e. The van der Waals surface area contributed by atoms with Crippen LogP contribution in [0.15, 0.2) is 77.7 Å². The topological polar surface area (TPSA) is 96.0 Å². The van der Waals surface area contributed by atoms with Crippen molar-refractivity contribution in [1.29, 1.82) is 0 Å². The van der Waals surface area contributed by atoms with Gasteiger partial charge in [-0.05, 0) is 61.7 Å². The normalized spacial score (nSPS) is 12.7. The minimum absolute atomic E-state index is 0.0180. The molecule has 0 bridgehead atoms. The largest absolute Gasteiger partial charge is 0.497 e. The number of methoxy groups -OCH3 is 1. The standard InChI is InChI=1S/C30H35Cl2N3O5S/c1-5-21(3)33-30(37)28(6-2)34(19-22-15-16-23(31)17-27(22)32)29(36)20-35(24-11-10-12-25(18-24)40-4)41(38,39)26-13-8-7-9-14-26/h7-18,21,28H,5-6,19-20H2,1-4H3,(H,33,37)/t21-,28-/m0/s1. The Morgan fingerprint density at radius 2 is 1.66 bits per heavy atom. The maximum atomic E-state index is 14.1. The predicted molar refractivity (Wildman–Crippen MR) is 163 cm³/mol. The molecule has 3 aromatic carbocycles. The molecule has 220 valence electrons. The number of benzene rings is 3. The van der Waals surface area contributed by atoms with Gasteiger partial charge in [-0.25, -0.2) is 8.42 Å². The lowest BCUT2D eigenvalue weighted by Crippen LogP contribution is -2.53. The Morgan fingerprint density at radius 3 is 2.27 bits per heavy atom. The van der Waals surface area contributed by atoms with Crippen molar-refractivity contribution in [3.05, 3.63) is 88.4 Å². The lowest BCUT2D eigenvalue weighted by Gasteiger charge is -2.34. The summed E-state index contributed by atoms with van der Waals surface area (Å²) >= 11 is 12.5. The van der Waals surface area contributed by atoms with Crippen molar-refractivity contribution in [3.63, 3.8) is 0 Å². The van der Waals surface area contributed by atoms with Gasteiger partial charge in [-0.2, -0.15) is 0 Å². The van der Waals surface area contributed by atoms with E-state index in [-0.39, 0.29) is 29.1 Å². The fraction of sp³-hybridized carbons (Fsp3) is 0.333. The van der Waals surface area contributed by atoms with Crippen molar-refractivity contribution in [2.45, 2.75) is 57.1 Å². The average Bonchev–Trinajstić information content (AvgIpc) is 2.97. The Balaban J connectivity index is 2.09. The molecule has 2 atom stereocenters. The number of carbonyl (C=O) groups excluding carboxylic acids is 2. The highest BCUT2D eigenvalue weighted by Crippen LogP contribution is 2.28. The quantitative estimate of drug-likeness (QED) is 0.256. The van der Waals surface area contributed by atoms with Gasteiger partial charge in [0.2, 0.25) is 11.8 Å². The number of halogens is 2. The van der Waals surface area contributed by atoms with Gasteiger partial charge in [0, 0.05) is 28.7 Å². The molecule has 41 heavy (non-hydrogen) atoms. The molecule has 0 radical (unpaired) electrons. The van der Waals surface area contributed by atoms with E-state index < -0.39 is 28.5 Å². The highest BCUT2D eigenvalue weighted by Gasteiger charge is 2.34. The van der Waals surface area contributed by atoms with Crippen molar-refractivity contribution < 1.29 is 22.7 Å². The molecule has 0 heterocycles. The Kier molecular flexibility index (Phi) is 11.5. The SMILES string of the molecule is CC[C@H](C)NC(=O)[C@H](CC)N(Cc1ccc(Cl)cc1Cl)C(=O)CN(c1cccc(OC)c1)S(=O)(=O)c1ccccc1. The first-order chi connectivity index (χ1) is 19.5. The predicted octanol–water partition coefficient (Wildman–Crippen LogP) is 5.92. The van der Waals surface area contributed by atoms with E-state index in [1.807, 2.05) is 13.8 Å². The number of sulfonamides is 1. The van der Waals surface area contributed by atoms with Gasteiger partial charge in [-0.15, -0.1) is 0 Å². The van der Waals surface area contributed by atoms with E-state index in [4.69, 9.17) is 27.9 Å². The van der Waals surface area contributed by atoms with Crippen molar-refractivity contribution in [2.75, 3.05) is 18.0 Å². The first kappa shape index (κ1) is 32.2. The number of ether oxygens (including phenoxy) is 1. The van der Waals surface area contributed by atoms with Gasteiger partial charge in [-0.3, -0.25) is 13.9 Å². The van der Waals surface area contributed by atoms with Crippen LogP contribution < -0.4 is 14.4 Å². The fourth-order valence-corrected chi connectivity index (χ4v) is 6.10. The van der Waals surface area contributed by atoms with Gasteiger partial charge in [0.15, 0.2) is 0 Å². The summed E-state index contributed by atoms with van der Waals surface area (Å²) in [7, 11) is -2.71. The molecule has 0 saturated heterocycles. The van der Waals surface area contributed by atoms with Crippen LogP contribution in [0.5, 0.6) is 5.75 Å². The number of rotatable bonds is 13. The Hall–Kier alpha value is -3.27. The highest BCUT2D eigenvalue weighted by atomic mass is 35.5. The zero-order valence-electron chi connectivity index (χ0n) is 23.5. The second-order valence-corrected chi connectivity index (χ2v) is 12.2. The summed E-state index contributed by atoms with van der Waals surface area (Å²) in [6.07, 6.45) is 1.00. The number of nitrogens with zero attached hydrogens (tertiary/aromatic N) is 2. The molecule has 0 spiro atoms. The fourth-order valence-electron chi connectivity index (χ4n) is 4.21. The van der Waals surface area contributed by atoms with E-state index in [0.717, 1.165) is 4.31 Å². The molecule has 3 aromatic rings. The lowest BCUT2D eigenvalue weighted by atomic mass is 10.1. The summed E-state index contributed by atoms with van der Waals surface area (Å²) in [5.74, 6) is -0.490. The molecule has 1 N–H and O–H groups in total. The Morgan fingerprint density at radius 1 is 0.951 bits per heavy atom. The molecule has 0 fully saturated rings. The molecule has 0 aliphatic carbocycles. The summed E-state index contributed by atoms with van der Waals surface area (Å²) in [5.41, 5.74) is 0.807. The highest BCUT2D eigenvalue weighted by molar-refractivity contribution is 7.92. The molecule has 0 aliphatic heterocycles. The van der Waals surface area contributed by atoms with Gasteiger partial charge in [0.1, 0.15) is 18.3 Å². The smallest absolute Gasteiger partial charge is 0.264 e. The van der Waals surface area contributed by atoms with Crippen LogP contribution in [0.4, 0.5) is 5.69 Å². The molecular formula is C30H35Cl2N3O5S. The van der Waals surface area contributed by atoms with Crippen LogP contribution in [-0.4, -0.2) is 50.9 Å². The van der Waals surface area contributed by atoms with E-state index in [2.05, 4.69) is 5.32 Å². The van der Waals surface area contributed by atoms with E-state index in [9.17, 15) is 18.0 Å². The molecule has 11 heteroatoms. The number of carbonyl (C=O) groups is 2. The molecule has 0 aliphatic rings. The van der Waals surface area contributed by atoms with Crippen LogP contribution in [0.25, 0.3) is 0 Å². The van der Waals surface area contributed by atoms with Crippen molar-refractivity contribution in [1.82, 2.24) is 10.2 Å². The van der Waals surface area contributed by atoms with Crippen LogP contribution in [0, 0.1) is 0 Å². The second-order valence-electron chi connectivity index (χ2n) is 9.53. The van der Waals surface area contributed by atoms with Crippen LogP contribution in [0.2, 0.25) is 10.0 Å². The minimum Gasteiger partial charge on any atom is -0.497 e. The van der Waals surface area contributed by atoms with Crippen LogP contribution in [0.3, 0.4) is 0 Å². The monoisotopic (exact) mass is 619 g/mol. The zero-order valence-corrected chi connectivity index (χ0v) is 25.8. The second kappa shape index (κ2) is 14.6. The third-order valence-electron chi connectivity index (χ3n) is 6.69. The van der Waals surface area contributed by atoms with Crippen LogP contribution in [0.1, 0.15) is 39.2 Å². The molecule has 0 aromatic heterocycles. The van der Waals surface area contributed by atoms with E-state index in [1.54, 1.807) is 67.6 Å². The van der Waals surface area contributed by atoms with Gasteiger partial charge in [-0.1, -0.05) is 67.4 Å². The Bertz CT molecular complexity index is 1450. The number of anilines is 1. The summed E-state index contributed by atoms with van der Waals surface area (Å²) in [6, 6.07) is 18.2. The van der Waals surface area contributed by atoms with Crippen molar-refractivity contribution in [3.8, 4) is 5.75 Å². The van der Waals surface area contributed by atoms with Crippen molar-refractivity contribution in [2.24, 2.45) is 0 Å². The van der Waals surface area contributed by atoms with E-state index in [0.29, 0.717) is 34.2 Å². The van der Waals surface area contributed by atoms with Gasteiger partial charge >= 0.3 is 0 Å². The van der Waals surface area contributed by atoms with Crippen LogP contribution >= 0.6 is 23.2 Å². The molecule has 0 unspecified atom stereocenters. The molecular weight excluding hydrogens is 585 g/mol. The minimum atomic E-state index is -4.18. The van der Waals surface area contributed by atoms with Crippen LogP contribution in [-0.2, 0) is 26.2 Å². The maximum absolute atomic E-state index is 14.1. The summed E-state index contributed by atoms with van der Waals surface area (Å²) < 4.78 is 34.1. The number of amides is 2. The first-order valence-corrected chi connectivity index (χ1v) is 15.5. The third-order valence-corrected chi connectivity index (χ3v) is 9.07. The Labute approximate surface area is 252 Å². The van der Waals surface area contributed by atoms with E-state index >= 15 is 0 Å². The number of hydrogen-bond acceptors (Lipinski definition) is 5. The van der Waals surface area contributed by atoms with Gasteiger partial charge < -0.3 is 15.0 Å². The summed E-state index contributed by atoms with van der Waals surface area (Å²) in [6.45, 7) is 5.03. The number of hydrogen-bond donors (Lipinski definition) is 1.